The number of phosphoric ester groups is 1. The molecule has 0 aromatic rings. The standard InChI is InChI=1S/C21H40FO6P/c1-2-3-4-5-6-7-8-9-10-11-12-13-14-15-16-17-21(23)28-20(18-22)19-27-29(24,25)26/h9-10,20H,2-8,11-19H2,1H3,(H2,24,25,26)/b10-9+/t20-/m0/s1. The molecule has 0 bridgehead atoms. The first-order chi connectivity index (χ1) is 13.9. The molecule has 29 heavy (non-hydrogen) atoms. The van der Waals surface area contributed by atoms with Gasteiger partial charge in [-0.05, 0) is 32.1 Å². The van der Waals surface area contributed by atoms with Crippen LogP contribution in [-0.2, 0) is 18.6 Å². The molecule has 0 radical (unpaired) electrons. The lowest BCUT2D eigenvalue weighted by atomic mass is 10.1. The Morgan fingerprint density at radius 3 is 1.97 bits per heavy atom. The fourth-order valence-corrected chi connectivity index (χ4v) is 3.24. The molecule has 0 aromatic carbocycles. The number of phosphoric acid groups is 1. The molecule has 6 nitrogen and oxygen atoms in total. The van der Waals surface area contributed by atoms with Gasteiger partial charge in [-0.2, -0.15) is 0 Å². The van der Waals surface area contributed by atoms with E-state index in [1.807, 2.05) is 0 Å². The van der Waals surface area contributed by atoms with Crippen molar-refractivity contribution in [3.05, 3.63) is 12.2 Å². The van der Waals surface area contributed by atoms with Gasteiger partial charge in [-0.15, -0.1) is 0 Å². The smallest absolute Gasteiger partial charge is 0.457 e. The molecule has 0 saturated heterocycles. The SMILES string of the molecule is CCCCCCCC/C=C/CCCCCCCC(=O)O[C@@H](CF)COP(=O)(O)O. The maximum Gasteiger partial charge on any atom is 0.469 e. The molecule has 0 heterocycles. The number of halogens is 1. The van der Waals surface area contributed by atoms with E-state index in [0.717, 1.165) is 32.1 Å². The molecule has 1 atom stereocenters. The summed E-state index contributed by atoms with van der Waals surface area (Å²) < 4.78 is 32.3. The van der Waals surface area contributed by atoms with Gasteiger partial charge in [0.2, 0.25) is 0 Å². The van der Waals surface area contributed by atoms with Crippen LogP contribution in [0.5, 0.6) is 0 Å². The van der Waals surface area contributed by atoms with Gasteiger partial charge in [-0.25, -0.2) is 8.96 Å². The van der Waals surface area contributed by atoms with Gasteiger partial charge in [0.05, 0.1) is 6.61 Å². The lowest BCUT2D eigenvalue weighted by Crippen LogP contribution is -2.25. The quantitative estimate of drug-likeness (QED) is 0.105. The van der Waals surface area contributed by atoms with Crippen LogP contribution in [0.25, 0.3) is 0 Å². The largest absolute Gasteiger partial charge is 0.469 e. The number of ether oxygens (including phenoxy) is 1. The number of rotatable bonds is 20. The Balaban J connectivity index is 3.49. The number of hydrogen-bond donors (Lipinski definition) is 2. The van der Waals surface area contributed by atoms with Gasteiger partial charge in [0.1, 0.15) is 6.67 Å². The second-order valence-corrected chi connectivity index (χ2v) is 8.63. The van der Waals surface area contributed by atoms with Crippen LogP contribution in [-0.4, -0.2) is 35.1 Å². The number of carbonyl (C=O) groups is 1. The lowest BCUT2D eigenvalue weighted by molar-refractivity contribution is -0.152. The van der Waals surface area contributed by atoms with Crippen molar-refractivity contribution in [2.24, 2.45) is 0 Å². The summed E-state index contributed by atoms with van der Waals surface area (Å²) in [5.41, 5.74) is 0. The zero-order chi connectivity index (χ0) is 21.8. The summed E-state index contributed by atoms with van der Waals surface area (Å²) in [4.78, 5) is 28.8. The number of carbonyl (C=O) groups excluding carboxylic acids is 1. The molecule has 0 saturated carbocycles. The Morgan fingerprint density at radius 2 is 1.45 bits per heavy atom. The van der Waals surface area contributed by atoms with Crippen molar-refractivity contribution in [1.82, 2.24) is 0 Å². The van der Waals surface area contributed by atoms with E-state index in [0.29, 0.717) is 6.42 Å². The predicted octanol–water partition coefficient (Wildman–Crippen LogP) is 6.01. The van der Waals surface area contributed by atoms with Crippen molar-refractivity contribution in [3.63, 3.8) is 0 Å². The fraction of sp³-hybridized carbons (Fsp3) is 0.857. The van der Waals surface area contributed by atoms with Crippen molar-refractivity contribution < 1.29 is 32.8 Å². The minimum atomic E-state index is -4.69. The fourth-order valence-electron chi connectivity index (χ4n) is 2.88. The molecule has 0 aliphatic rings. The summed E-state index contributed by atoms with van der Waals surface area (Å²) in [5, 5.41) is 0. The van der Waals surface area contributed by atoms with E-state index in [1.54, 1.807) is 0 Å². The Morgan fingerprint density at radius 1 is 0.931 bits per heavy atom. The van der Waals surface area contributed by atoms with Crippen LogP contribution in [0.15, 0.2) is 12.2 Å². The second kappa shape index (κ2) is 19.2. The maximum atomic E-state index is 12.7. The van der Waals surface area contributed by atoms with Crippen molar-refractivity contribution in [2.75, 3.05) is 13.3 Å². The van der Waals surface area contributed by atoms with Gasteiger partial charge in [0, 0.05) is 6.42 Å². The third kappa shape index (κ3) is 21.8. The molecule has 0 unspecified atom stereocenters. The molecule has 0 amide bonds. The number of esters is 1. The summed E-state index contributed by atoms with van der Waals surface area (Å²) in [6, 6.07) is 0. The van der Waals surface area contributed by atoms with Crippen molar-refractivity contribution in [2.45, 2.75) is 103 Å². The predicted molar refractivity (Wildman–Crippen MR) is 113 cm³/mol. The number of allylic oxidation sites excluding steroid dienone is 2. The average molecular weight is 439 g/mol. The third-order valence-corrected chi connectivity index (χ3v) is 5.03. The average Bonchev–Trinajstić information content (AvgIpc) is 2.67. The van der Waals surface area contributed by atoms with Gasteiger partial charge >= 0.3 is 13.8 Å². The zero-order valence-corrected chi connectivity index (χ0v) is 18.8. The minimum absolute atomic E-state index is 0.171. The van der Waals surface area contributed by atoms with Crippen LogP contribution < -0.4 is 0 Å². The maximum absolute atomic E-state index is 12.7. The number of alkyl halides is 1. The van der Waals surface area contributed by atoms with E-state index in [9.17, 15) is 13.8 Å². The van der Waals surface area contributed by atoms with Crippen LogP contribution in [0.2, 0.25) is 0 Å². The van der Waals surface area contributed by atoms with E-state index in [2.05, 4.69) is 23.6 Å². The molecule has 0 aromatic heterocycles. The molecule has 0 rings (SSSR count). The van der Waals surface area contributed by atoms with E-state index < -0.39 is 33.2 Å². The van der Waals surface area contributed by atoms with Crippen LogP contribution in [0.3, 0.4) is 0 Å². The minimum Gasteiger partial charge on any atom is -0.457 e. The van der Waals surface area contributed by atoms with Crippen molar-refractivity contribution >= 4 is 13.8 Å². The van der Waals surface area contributed by atoms with Gasteiger partial charge in [0.15, 0.2) is 6.10 Å². The molecule has 2 N–H and O–H groups in total. The summed E-state index contributed by atoms with van der Waals surface area (Å²) >= 11 is 0. The van der Waals surface area contributed by atoms with Crippen LogP contribution in [0.1, 0.15) is 96.8 Å². The summed E-state index contributed by atoms with van der Waals surface area (Å²) in [5.74, 6) is -0.570. The molecule has 0 aliphatic heterocycles. The van der Waals surface area contributed by atoms with E-state index in [-0.39, 0.29) is 6.42 Å². The molecule has 8 heteroatoms. The second-order valence-electron chi connectivity index (χ2n) is 7.39. The van der Waals surface area contributed by atoms with E-state index >= 15 is 0 Å². The first kappa shape index (κ1) is 28.2. The van der Waals surface area contributed by atoms with Crippen molar-refractivity contribution in [3.8, 4) is 0 Å². The molecule has 0 fully saturated rings. The summed E-state index contributed by atoms with van der Waals surface area (Å²) in [6.07, 6.45) is 18.5. The normalized spacial score (nSPS) is 13.1. The van der Waals surface area contributed by atoms with E-state index in [4.69, 9.17) is 14.5 Å². The molecule has 172 valence electrons. The Labute approximate surface area is 175 Å². The monoisotopic (exact) mass is 438 g/mol. The summed E-state index contributed by atoms with van der Waals surface area (Å²) in [6.45, 7) is 0.536. The van der Waals surface area contributed by atoms with E-state index in [1.165, 1.54) is 44.9 Å². The van der Waals surface area contributed by atoms with Gasteiger partial charge in [0.25, 0.3) is 0 Å². The van der Waals surface area contributed by atoms with Gasteiger partial charge in [-0.3, -0.25) is 9.32 Å². The topological polar surface area (TPSA) is 93.1 Å². The Hall–Kier alpha value is -0.750. The third-order valence-electron chi connectivity index (χ3n) is 4.54. The highest BCUT2D eigenvalue weighted by atomic mass is 31.2. The molecular weight excluding hydrogens is 398 g/mol. The molecular formula is C21H40FO6P. The Bertz CT molecular complexity index is 466. The molecule has 0 spiro atoms. The highest BCUT2D eigenvalue weighted by molar-refractivity contribution is 7.46. The molecule has 0 aliphatic carbocycles. The zero-order valence-electron chi connectivity index (χ0n) is 17.9. The van der Waals surface area contributed by atoms with Gasteiger partial charge < -0.3 is 14.5 Å². The summed E-state index contributed by atoms with van der Waals surface area (Å²) in [7, 11) is -4.69. The van der Waals surface area contributed by atoms with Crippen molar-refractivity contribution in [1.29, 1.82) is 0 Å². The first-order valence-electron chi connectivity index (χ1n) is 11.0. The first-order valence-corrected chi connectivity index (χ1v) is 12.5. The van der Waals surface area contributed by atoms with Gasteiger partial charge in [-0.1, -0.05) is 70.4 Å². The number of hydrogen-bond acceptors (Lipinski definition) is 4. The Kier molecular flexibility index (Phi) is 18.7. The van der Waals surface area contributed by atoms with Crippen LogP contribution in [0.4, 0.5) is 4.39 Å². The lowest BCUT2D eigenvalue weighted by Gasteiger charge is -2.15. The number of unbranched alkanes of at least 4 members (excludes halogenated alkanes) is 11. The highest BCUT2D eigenvalue weighted by Crippen LogP contribution is 2.35. The highest BCUT2D eigenvalue weighted by Gasteiger charge is 2.21. The van der Waals surface area contributed by atoms with Crippen LogP contribution >= 0.6 is 7.82 Å². The van der Waals surface area contributed by atoms with Crippen LogP contribution in [0, 0.1) is 0 Å².